The van der Waals surface area contributed by atoms with E-state index in [1.54, 1.807) is 0 Å². The Morgan fingerprint density at radius 3 is 2.61 bits per heavy atom. The minimum Gasteiger partial charge on any atom is -0.311 e. The second-order valence-electron chi connectivity index (χ2n) is 5.48. The van der Waals surface area contributed by atoms with Gasteiger partial charge in [0.15, 0.2) is 0 Å². The van der Waals surface area contributed by atoms with Crippen LogP contribution in [0.2, 0.25) is 0 Å². The Morgan fingerprint density at radius 2 is 2.06 bits per heavy atom. The topological polar surface area (TPSA) is 15.3 Å². The van der Waals surface area contributed by atoms with Crippen molar-refractivity contribution in [1.82, 2.24) is 10.2 Å². The molecule has 1 rings (SSSR count). The molecule has 0 bridgehead atoms. The van der Waals surface area contributed by atoms with E-state index >= 15 is 0 Å². The van der Waals surface area contributed by atoms with Crippen molar-refractivity contribution in [2.75, 3.05) is 19.6 Å². The summed E-state index contributed by atoms with van der Waals surface area (Å²) in [5.41, 5.74) is 0. The maximum absolute atomic E-state index is 12.2. The van der Waals surface area contributed by atoms with Gasteiger partial charge >= 0.3 is 6.18 Å². The summed E-state index contributed by atoms with van der Waals surface area (Å²) in [6.07, 6.45) is -3.41. The average molecular weight is 266 g/mol. The predicted molar refractivity (Wildman–Crippen MR) is 67.6 cm³/mol. The summed E-state index contributed by atoms with van der Waals surface area (Å²) in [5.74, 6) is 0.524. The van der Waals surface area contributed by atoms with Gasteiger partial charge in [0.25, 0.3) is 0 Å². The number of hydrogen-bond acceptors (Lipinski definition) is 2. The van der Waals surface area contributed by atoms with E-state index in [1.165, 1.54) is 0 Å². The number of piperazine rings is 1. The summed E-state index contributed by atoms with van der Waals surface area (Å²) >= 11 is 0. The number of halogens is 3. The molecule has 0 amide bonds. The van der Waals surface area contributed by atoms with Gasteiger partial charge in [-0.15, -0.1) is 0 Å². The number of rotatable bonds is 5. The van der Waals surface area contributed by atoms with Crippen LogP contribution in [-0.2, 0) is 0 Å². The van der Waals surface area contributed by atoms with Gasteiger partial charge < -0.3 is 5.32 Å². The Bertz CT molecular complexity index is 243. The summed E-state index contributed by atoms with van der Waals surface area (Å²) in [7, 11) is 0. The van der Waals surface area contributed by atoms with Crippen LogP contribution in [0.1, 0.15) is 40.0 Å². The highest BCUT2D eigenvalue weighted by Crippen LogP contribution is 2.23. The lowest BCUT2D eigenvalue weighted by Crippen LogP contribution is -2.57. The highest BCUT2D eigenvalue weighted by atomic mass is 19.4. The van der Waals surface area contributed by atoms with E-state index in [0.29, 0.717) is 24.5 Å². The highest BCUT2D eigenvalue weighted by Gasteiger charge is 2.31. The average Bonchev–Trinajstić information content (AvgIpc) is 2.26. The highest BCUT2D eigenvalue weighted by molar-refractivity contribution is 4.86. The Morgan fingerprint density at radius 1 is 1.39 bits per heavy atom. The molecule has 1 heterocycles. The second-order valence-corrected chi connectivity index (χ2v) is 5.48. The molecule has 1 aliphatic heterocycles. The monoisotopic (exact) mass is 266 g/mol. The zero-order chi connectivity index (χ0) is 13.8. The molecule has 2 nitrogen and oxygen atoms in total. The fourth-order valence-electron chi connectivity index (χ4n) is 2.58. The van der Waals surface area contributed by atoms with Crippen LogP contribution in [0.5, 0.6) is 0 Å². The van der Waals surface area contributed by atoms with E-state index < -0.39 is 12.6 Å². The first-order valence-corrected chi connectivity index (χ1v) is 6.87. The van der Waals surface area contributed by atoms with Crippen LogP contribution in [-0.4, -0.2) is 42.8 Å². The van der Waals surface area contributed by atoms with Crippen LogP contribution in [0, 0.1) is 5.92 Å². The molecule has 0 aliphatic carbocycles. The van der Waals surface area contributed by atoms with Crippen molar-refractivity contribution < 1.29 is 13.2 Å². The zero-order valence-electron chi connectivity index (χ0n) is 11.6. The standard InChI is InChI=1S/C13H25F3N2/c1-4-10(2)12-8-17-11(3)9-18(12)7-5-6-13(14,15)16/h10-12,17H,4-9H2,1-3H3. The van der Waals surface area contributed by atoms with Crippen molar-refractivity contribution >= 4 is 0 Å². The minimum absolute atomic E-state index is 0.211. The normalized spacial score (nSPS) is 28.3. The number of nitrogens with one attached hydrogen (secondary N) is 1. The predicted octanol–water partition coefficient (Wildman–Crippen LogP) is 3.04. The minimum atomic E-state index is -4.02. The SMILES string of the molecule is CCC(C)C1CNC(C)CN1CCCC(F)(F)F. The van der Waals surface area contributed by atoms with E-state index in [4.69, 9.17) is 0 Å². The largest absolute Gasteiger partial charge is 0.389 e. The van der Waals surface area contributed by atoms with Gasteiger partial charge in [-0.2, -0.15) is 13.2 Å². The smallest absolute Gasteiger partial charge is 0.311 e. The zero-order valence-corrected chi connectivity index (χ0v) is 11.6. The van der Waals surface area contributed by atoms with Crippen molar-refractivity contribution in [3.63, 3.8) is 0 Å². The summed E-state index contributed by atoms with van der Waals surface area (Å²) < 4.78 is 36.5. The number of nitrogens with zero attached hydrogens (tertiary/aromatic N) is 1. The maximum atomic E-state index is 12.2. The quantitative estimate of drug-likeness (QED) is 0.823. The van der Waals surface area contributed by atoms with E-state index in [1.807, 2.05) is 0 Å². The number of hydrogen-bond donors (Lipinski definition) is 1. The molecule has 1 saturated heterocycles. The molecular weight excluding hydrogens is 241 g/mol. The lowest BCUT2D eigenvalue weighted by molar-refractivity contribution is -0.136. The molecule has 0 spiro atoms. The molecule has 1 aliphatic rings. The van der Waals surface area contributed by atoms with Gasteiger partial charge in [-0.05, 0) is 25.8 Å². The van der Waals surface area contributed by atoms with Crippen LogP contribution in [0.4, 0.5) is 13.2 Å². The first-order valence-electron chi connectivity index (χ1n) is 6.87. The molecule has 0 saturated carbocycles. The van der Waals surface area contributed by atoms with Crippen molar-refractivity contribution in [3.8, 4) is 0 Å². The van der Waals surface area contributed by atoms with Crippen molar-refractivity contribution in [3.05, 3.63) is 0 Å². The fourth-order valence-corrected chi connectivity index (χ4v) is 2.58. The molecule has 5 heteroatoms. The van der Waals surface area contributed by atoms with Crippen LogP contribution < -0.4 is 5.32 Å². The van der Waals surface area contributed by atoms with Gasteiger partial charge in [0.1, 0.15) is 0 Å². The summed E-state index contributed by atoms with van der Waals surface area (Å²) in [6.45, 7) is 8.70. The molecule has 3 atom stereocenters. The van der Waals surface area contributed by atoms with E-state index in [2.05, 4.69) is 31.0 Å². The molecule has 0 aromatic heterocycles. The van der Waals surface area contributed by atoms with Crippen molar-refractivity contribution in [2.24, 2.45) is 5.92 Å². The van der Waals surface area contributed by atoms with Crippen LogP contribution in [0.25, 0.3) is 0 Å². The Labute approximate surface area is 108 Å². The Balaban J connectivity index is 2.46. The molecule has 3 unspecified atom stereocenters. The molecular formula is C13H25F3N2. The molecule has 0 aromatic carbocycles. The third-order valence-corrected chi connectivity index (χ3v) is 3.86. The van der Waals surface area contributed by atoms with Crippen LogP contribution in [0.15, 0.2) is 0 Å². The Kier molecular flexibility index (Phi) is 5.92. The van der Waals surface area contributed by atoms with Gasteiger partial charge in [-0.25, -0.2) is 0 Å². The van der Waals surface area contributed by atoms with Gasteiger partial charge in [0, 0.05) is 31.6 Å². The van der Waals surface area contributed by atoms with E-state index in [9.17, 15) is 13.2 Å². The molecule has 1 fully saturated rings. The lowest BCUT2D eigenvalue weighted by atomic mass is 9.94. The van der Waals surface area contributed by atoms with Gasteiger partial charge in [0.05, 0.1) is 0 Å². The fraction of sp³-hybridized carbons (Fsp3) is 1.00. The first-order chi connectivity index (χ1) is 8.33. The van der Waals surface area contributed by atoms with Crippen molar-refractivity contribution in [2.45, 2.75) is 58.3 Å². The van der Waals surface area contributed by atoms with Gasteiger partial charge in [-0.3, -0.25) is 4.90 Å². The van der Waals surface area contributed by atoms with Gasteiger partial charge in [0.2, 0.25) is 0 Å². The van der Waals surface area contributed by atoms with Gasteiger partial charge in [-0.1, -0.05) is 20.3 Å². The molecule has 18 heavy (non-hydrogen) atoms. The summed E-state index contributed by atoms with van der Waals surface area (Å²) in [6, 6.07) is 0.746. The maximum Gasteiger partial charge on any atom is 0.389 e. The summed E-state index contributed by atoms with van der Waals surface area (Å²) in [5, 5.41) is 3.42. The van der Waals surface area contributed by atoms with E-state index in [-0.39, 0.29) is 6.42 Å². The molecule has 1 N–H and O–H groups in total. The molecule has 0 radical (unpaired) electrons. The Hall–Kier alpha value is -0.290. The second kappa shape index (κ2) is 6.75. The lowest BCUT2D eigenvalue weighted by Gasteiger charge is -2.42. The van der Waals surface area contributed by atoms with Crippen LogP contribution in [0.3, 0.4) is 0 Å². The third kappa shape index (κ3) is 5.14. The van der Waals surface area contributed by atoms with Crippen LogP contribution >= 0.6 is 0 Å². The number of alkyl halides is 3. The molecule has 0 aromatic rings. The first kappa shape index (κ1) is 15.8. The van der Waals surface area contributed by atoms with Crippen molar-refractivity contribution in [1.29, 1.82) is 0 Å². The molecule has 108 valence electrons. The third-order valence-electron chi connectivity index (χ3n) is 3.86. The van der Waals surface area contributed by atoms with E-state index in [0.717, 1.165) is 19.5 Å². The summed E-state index contributed by atoms with van der Waals surface area (Å²) in [4.78, 5) is 2.24.